The summed E-state index contributed by atoms with van der Waals surface area (Å²) in [6.45, 7) is 5.40. The third-order valence-corrected chi connectivity index (χ3v) is 5.94. The van der Waals surface area contributed by atoms with Crippen molar-refractivity contribution in [2.45, 2.75) is 61.5 Å². The van der Waals surface area contributed by atoms with Gasteiger partial charge in [0.05, 0.1) is 5.75 Å². The van der Waals surface area contributed by atoms with Crippen LogP contribution < -0.4 is 5.32 Å². The molecule has 0 unspecified atom stereocenters. The van der Waals surface area contributed by atoms with Crippen LogP contribution in [-0.2, 0) is 14.9 Å². The van der Waals surface area contributed by atoms with Gasteiger partial charge < -0.3 is 10.1 Å². The molecule has 0 bridgehead atoms. The van der Waals surface area contributed by atoms with Crippen molar-refractivity contribution in [3.63, 3.8) is 0 Å². The standard InChI is InChI=1S/C12H22INO5S/c1-11(2,3)19-10(15)14-9-4-6-12(13,7-5-9)8-20(16,17)18/h9H,4-8H2,1-3H3,(H,14,15)(H,16,17,18). The van der Waals surface area contributed by atoms with Crippen molar-refractivity contribution in [1.82, 2.24) is 5.32 Å². The van der Waals surface area contributed by atoms with Gasteiger partial charge in [0, 0.05) is 9.46 Å². The van der Waals surface area contributed by atoms with Crippen molar-refractivity contribution >= 4 is 38.8 Å². The molecule has 8 heteroatoms. The molecule has 20 heavy (non-hydrogen) atoms. The quantitative estimate of drug-likeness (QED) is 0.417. The van der Waals surface area contributed by atoms with Crippen molar-refractivity contribution in [3.05, 3.63) is 0 Å². The number of carbonyl (C=O) groups is 1. The summed E-state index contributed by atoms with van der Waals surface area (Å²) >= 11 is 2.10. The van der Waals surface area contributed by atoms with Crippen LogP contribution in [-0.4, -0.2) is 39.9 Å². The fourth-order valence-electron chi connectivity index (χ4n) is 2.22. The molecular formula is C12H22INO5S. The van der Waals surface area contributed by atoms with E-state index >= 15 is 0 Å². The predicted octanol–water partition coefficient (Wildman–Crippen LogP) is 2.52. The number of alkyl halides is 1. The van der Waals surface area contributed by atoms with Gasteiger partial charge in [-0.2, -0.15) is 8.42 Å². The highest BCUT2D eigenvalue weighted by Gasteiger charge is 2.37. The van der Waals surface area contributed by atoms with E-state index in [0.29, 0.717) is 25.7 Å². The lowest BCUT2D eigenvalue weighted by Crippen LogP contribution is -2.44. The van der Waals surface area contributed by atoms with Crippen LogP contribution in [0.15, 0.2) is 0 Å². The van der Waals surface area contributed by atoms with Gasteiger partial charge in [-0.25, -0.2) is 4.79 Å². The molecule has 0 spiro atoms. The molecule has 1 saturated carbocycles. The Morgan fingerprint density at radius 3 is 2.30 bits per heavy atom. The predicted molar refractivity (Wildman–Crippen MR) is 84.8 cm³/mol. The molecule has 0 heterocycles. The third kappa shape index (κ3) is 7.07. The van der Waals surface area contributed by atoms with E-state index < -0.39 is 25.2 Å². The number of rotatable bonds is 3. The van der Waals surface area contributed by atoms with Crippen molar-refractivity contribution in [1.29, 1.82) is 0 Å². The molecule has 0 aliphatic heterocycles. The lowest BCUT2D eigenvalue weighted by molar-refractivity contribution is 0.0491. The van der Waals surface area contributed by atoms with E-state index in [1.54, 1.807) is 20.8 Å². The molecule has 1 aliphatic carbocycles. The number of alkyl carbamates (subject to hydrolysis) is 1. The maximum Gasteiger partial charge on any atom is 0.407 e. The van der Waals surface area contributed by atoms with E-state index in [1.807, 2.05) is 0 Å². The zero-order chi connectivity index (χ0) is 15.6. The van der Waals surface area contributed by atoms with Crippen molar-refractivity contribution in [2.75, 3.05) is 5.75 Å². The van der Waals surface area contributed by atoms with E-state index in [0.717, 1.165) is 0 Å². The molecule has 6 nitrogen and oxygen atoms in total. The minimum Gasteiger partial charge on any atom is -0.444 e. The molecule has 118 valence electrons. The Balaban J connectivity index is 2.45. The Hall–Kier alpha value is -0.0900. The molecular weight excluding hydrogens is 397 g/mol. The second-order valence-corrected chi connectivity index (χ2v) is 10.0. The molecule has 1 aliphatic rings. The van der Waals surface area contributed by atoms with Crippen LogP contribution in [0.25, 0.3) is 0 Å². The summed E-state index contributed by atoms with van der Waals surface area (Å²) in [6, 6.07) is -0.00543. The number of hydrogen-bond acceptors (Lipinski definition) is 4. The maximum absolute atomic E-state index is 11.6. The minimum absolute atomic E-state index is 0.00543. The highest BCUT2D eigenvalue weighted by atomic mass is 127. The molecule has 0 aromatic heterocycles. The molecule has 2 N–H and O–H groups in total. The maximum atomic E-state index is 11.6. The summed E-state index contributed by atoms with van der Waals surface area (Å²) < 4.78 is 35.7. The normalized spacial score (nSPS) is 27.9. The topological polar surface area (TPSA) is 92.7 Å². The molecule has 1 fully saturated rings. The van der Waals surface area contributed by atoms with Crippen LogP contribution in [0.2, 0.25) is 0 Å². The summed E-state index contributed by atoms with van der Waals surface area (Å²) in [4.78, 5) is 11.6. The second kappa shape index (κ2) is 6.35. The SMILES string of the molecule is CC(C)(C)OC(=O)NC1CCC(I)(CS(=O)(=O)O)CC1. The minimum atomic E-state index is -3.97. The first kappa shape index (κ1) is 18.0. The molecule has 0 radical (unpaired) electrons. The first-order valence-corrected chi connectivity index (χ1v) is 9.21. The first-order chi connectivity index (χ1) is 8.89. The monoisotopic (exact) mass is 419 g/mol. The molecule has 0 saturated heterocycles. The summed E-state index contributed by atoms with van der Waals surface area (Å²) in [5, 5.41) is 2.80. The Morgan fingerprint density at radius 1 is 1.40 bits per heavy atom. The lowest BCUT2D eigenvalue weighted by Gasteiger charge is -2.35. The zero-order valence-electron chi connectivity index (χ0n) is 12.0. The van der Waals surface area contributed by atoms with Gasteiger partial charge in [0.2, 0.25) is 0 Å². The fourth-order valence-corrected chi connectivity index (χ4v) is 4.97. The number of hydrogen-bond donors (Lipinski definition) is 2. The second-order valence-electron chi connectivity index (χ2n) is 6.30. The molecule has 0 aromatic carbocycles. The third-order valence-electron chi connectivity index (χ3n) is 3.04. The van der Waals surface area contributed by atoms with Gasteiger partial charge in [-0.05, 0) is 46.5 Å². The van der Waals surface area contributed by atoms with Crippen LogP contribution in [0, 0.1) is 0 Å². The Morgan fingerprint density at radius 2 is 1.90 bits per heavy atom. The van der Waals surface area contributed by atoms with Crippen molar-refractivity contribution in [2.24, 2.45) is 0 Å². The molecule has 1 rings (SSSR count). The number of amides is 1. The van der Waals surface area contributed by atoms with Crippen LogP contribution in [0.3, 0.4) is 0 Å². The van der Waals surface area contributed by atoms with Crippen LogP contribution in [0.4, 0.5) is 4.79 Å². The Bertz CT molecular complexity index is 449. The van der Waals surface area contributed by atoms with Gasteiger partial charge in [0.1, 0.15) is 5.60 Å². The summed E-state index contributed by atoms with van der Waals surface area (Å²) in [5.74, 6) is -0.236. The highest BCUT2D eigenvalue weighted by molar-refractivity contribution is 14.1. The van der Waals surface area contributed by atoms with Gasteiger partial charge in [0.15, 0.2) is 0 Å². The van der Waals surface area contributed by atoms with Gasteiger partial charge >= 0.3 is 6.09 Å². The van der Waals surface area contributed by atoms with Gasteiger partial charge in [-0.15, -0.1) is 0 Å². The van der Waals surface area contributed by atoms with E-state index in [-0.39, 0.29) is 11.8 Å². The molecule has 0 aromatic rings. The van der Waals surface area contributed by atoms with Crippen LogP contribution >= 0.6 is 22.6 Å². The number of carbonyl (C=O) groups excluding carboxylic acids is 1. The summed E-state index contributed by atoms with van der Waals surface area (Å²) in [5.41, 5.74) is -0.531. The Kier molecular flexibility index (Phi) is 5.70. The first-order valence-electron chi connectivity index (χ1n) is 6.52. The average Bonchev–Trinajstić information content (AvgIpc) is 2.16. The lowest BCUT2D eigenvalue weighted by atomic mass is 9.87. The largest absolute Gasteiger partial charge is 0.444 e. The number of nitrogens with one attached hydrogen (secondary N) is 1. The average molecular weight is 419 g/mol. The Labute approximate surface area is 133 Å². The highest BCUT2D eigenvalue weighted by Crippen LogP contribution is 2.37. The van der Waals surface area contributed by atoms with Crippen LogP contribution in [0.1, 0.15) is 46.5 Å². The van der Waals surface area contributed by atoms with E-state index in [1.165, 1.54) is 0 Å². The van der Waals surface area contributed by atoms with E-state index in [4.69, 9.17) is 9.29 Å². The fraction of sp³-hybridized carbons (Fsp3) is 0.917. The molecule has 1 amide bonds. The number of ether oxygens (including phenoxy) is 1. The van der Waals surface area contributed by atoms with Crippen molar-refractivity contribution < 1.29 is 22.5 Å². The van der Waals surface area contributed by atoms with E-state index in [2.05, 4.69) is 27.9 Å². The summed E-state index contributed by atoms with van der Waals surface area (Å²) in [6.07, 6.45) is 2.18. The van der Waals surface area contributed by atoms with Gasteiger partial charge in [0.25, 0.3) is 10.1 Å². The van der Waals surface area contributed by atoms with Crippen LogP contribution in [0.5, 0.6) is 0 Å². The van der Waals surface area contributed by atoms with Gasteiger partial charge in [-0.3, -0.25) is 4.55 Å². The smallest absolute Gasteiger partial charge is 0.407 e. The molecule has 0 atom stereocenters. The summed E-state index contributed by atoms with van der Waals surface area (Å²) in [7, 11) is -3.97. The van der Waals surface area contributed by atoms with Gasteiger partial charge in [-0.1, -0.05) is 22.6 Å². The van der Waals surface area contributed by atoms with Crippen molar-refractivity contribution in [3.8, 4) is 0 Å². The zero-order valence-corrected chi connectivity index (χ0v) is 15.0. The number of halogens is 1. The van der Waals surface area contributed by atoms with E-state index in [9.17, 15) is 13.2 Å².